The summed E-state index contributed by atoms with van der Waals surface area (Å²) in [5.41, 5.74) is -1.43. The van der Waals surface area contributed by atoms with E-state index in [4.69, 9.17) is 5.11 Å². The summed E-state index contributed by atoms with van der Waals surface area (Å²) in [5, 5.41) is 9.81. The van der Waals surface area contributed by atoms with Crippen LogP contribution in [0.2, 0.25) is 0 Å². The van der Waals surface area contributed by atoms with Crippen molar-refractivity contribution in [2.45, 2.75) is 24.3 Å². The van der Waals surface area contributed by atoms with Gasteiger partial charge in [0, 0.05) is 18.5 Å². The van der Waals surface area contributed by atoms with Gasteiger partial charge in [-0.2, -0.15) is 0 Å². The zero-order valence-electron chi connectivity index (χ0n) is 12.0. The number of carbonyl (C=O) groups is 2. The van der Waals surface area contributed by atoms with Gasteiger partial charge in [-0.15, -0.1) is 0 Å². The van der Waals surface area contributed by atoms with Crippen LogP contribution in [-0.4, -0.2) is 42.9 Å². The Kier molecular flexibility index (Phi) is 4.90. The van der Waals surface area contributed by atoms with E-state index in [1.165, 1.54) is 33.0 Å². The molecule has 7 heteroatoms. The van der Waals surface area contributed by atoms with E-state index in [-0.39, 0.29) is 4.90 Å². The SMILES string of the molecule is CN(C(=O)C=CS(=O)(=O)c1ccccc1)C(C)(C)C(=O)O. The third-order valence-electron chi connectivity index (χ3n) is 3.15. The number of likely N-dealkylation sites (N-methyl/N-ethyl adjacent to an activating group) is 1. The van der Waals surface area contributed by atoms with Gasteiger partial charge in [-0.1, -0.05) is 18.2 Å². The number of carboxylic acid groups (broad SMARTS) is 1. The second-order valence-corrected chi connectivity index (χ2v) is 6.76. The highest BCUT2D eigenvalue weighted by molar-refractivity contribution is 7.94. The lowest BCUT2D eigenvalue weighted by Crippen LogP contribution is -2.50. The molecule has 0 bridgehead atoms. The van der Waals surface area contributed by atoms with E-state index < -0.39 is 27.3 Å². The lowest BCUT2D eigenvalue weighted by Gasteiger charge is -2.30. The minimum absolute atomic E-state index is 0.0641. The van der Waals surface area contributed by atoms with Crippen molar-refractivity contribution < 1.29 is 23.1 Å². The van der Waals surface area contributed by atoms with Gasteiger partial charge in [0.25, 0.3) is 0 Å². The number of nitrogens with zero attached hydrogens (tertiary/aromatic N) is 1. The fourth-order valence-electron chi connectivity index (χ4n) is 1.37. The number of carbonyl (C=O) groups excluding carboxylic acids is 1. The minimum Gasteiger partial charge on any atom is -0.480 e. The summed E-state index contributed by atoms with van der Waals surface area (Å²) in [6.07, 6.45) is 0.854. The maximum absolute atomic E-state index is 12.0. The topological polar surface area (TPSA) is 91.8 Å². The zero-order chi connectivity index (χ0) is 16.3. The third kappa shape index (κ3) is 3.91. The summed E-state index contributed by atoms with van der Waals surface area (Å²) in [5.74, 6) is -1.89. The summed E-state index contributed by atoms with van der Waals surface area (Å²) in [7, 11) is -2.43. The molecule has 6 nitrogen and oxygen atoms in total. The van der Waals surface area contributed by atoms with E-state index in [1.54, 1.807) is 18.2 Å². The maximum atomic E-state index is 12.0. The number of aliphatic carboxylic acids is 1. The molecule has 0 fully saturated rings. The zero-order valence-corrected chi connectivity index (χ0v) is 12.8. The highest BCUT2D eigenvalue weighted by atomic mass is 32.2. The molecule has 0 aliphatic rings. The predicted octanol–water partition coefficient (Wildman–Crippen LogP) is 1.30. The second kappa shape index (κ2) is 6.09. The highest BCUT2D eigenvalue weighted by Crippen LogP contribution is 2.15. The average Bonchev–Trinajstić information content (AvgIpc) is 2.44. The maximum Gasteiger partial charge on any atom is 0.329 e. The molecule has 0 aromatic heterocycles. The first-order chi connectivity index (χ1) is 9.59. The Hall–Kier alpha value is -2.15. The summed E-state index contributed by atoms with van der Waals surface area (Å²) in [4.78, 5) is 24.0. The summed E-state index contributed by atoms with van der Waals surface area (Å²) in [6.45, 7) is 2.71. The number of hydrogen-bond acceptors (Lipinski definition) is 4. The van der Waals surface area contributed by atoms with E-state index >= 15 is 0 Å². The Morgan fingerprint density at radius 3 is 2.19 bits per heavy atom. The Labute approximate surface area is 123 Å². The molecule has 0 spiro atoms. The Bertz CT molecular complexity index is 662. The average molecular weight is 311 g/mol. The van der Waals surface area contributed by atoms with E-state index in [0.717, 1.165) is 16.4 Å². The van der Waals surface area contributed by atoms with E-state index in [0.29, 0.717) is 0 Å². The number of rotatable bonds is 5. The number of amides is 1. The third-order valence-corrected chi connectivity index (χ3v) is 4.58. The van der Waals surface area contributed by atoms with Gasteiger partial charge in [-0.05, 0) is 26.0 Å². The molecule has 21 heavy (non-hydrogen) atoms. The van der Waals surface area contributed by atoms with Crippen LogP contribution in [0.3, 0.4) is 0 Å². The molecule has 0 aliphatic heterocycles. The first-order valence-electron chi connectivity index (χ1n) is 6.08. The van der Waals surface area contributed by atoms with Crippen molar-refractivity contribution in [1.29, 1.82) is 0 Å². The van der Waals surface area contributed by atoms with Crippen molar-refractivity contribution in [3.8, 4) is 0 Å². The molecule has 1 N–H and O–H groups in total. The Morgan fingerprint density at radius 1 is 1.19 bits per heavy atom. The van der Waals surface area contributed by atoms with Crippen LogP contribution in [-0.2, 0) is 19.4 Å². The van der Waals surface area contributed by atoms with Crippen molar-refractivity contribution in [3.05, 3.63) is 41.8 Å². The van der Waals surface area contributed by atoms with Crippen LogP contribution in [0.5, 0.6) is 0 Å². The quantitative estimate of drug-likeness (QED) is 0.827. The van der Waals surface area contributed by atoms with Gasteiger partial charge in [-0.3, -0.25) is 4.79 Å². The molecule has 0 atom stereocenters. The fourth-order valence-corrected chi connectivity index (χ4v) is 2.36. The molecule has 1 amide bonds. The van der Waals surface area contributed by atoms with E-state index in [9.17, 15) is 18.0 Å². The monoisotopic (exact) mass is 311 g/mol. The van der Waals surface area contributed by atoms with E-state index in [2.05, 4.69) is 0 Å². The van der Waals surface area contributed by atoms with Crippen molar-refractivity contribution in [2.24, 2.45) is 0 Å². The molecular formula is C14H17NO5S. The first kappa shape index (κ1) is 16.9. The van der Waals surface area contributed by atoms with Gasteiger partial charge in [0.2, 0.25) is 5.91 Å². The normalized spacial score (nSPS) is 12.3. The fraction of sp³-hybridized carbons (Fsp3) is 0.286. The molecule has 0 aliphatic carbocycles. The van der Waals surface area contributed by atoms with Crippen LogP contribution in [0.25, 0.3) is 0 Å². The molecule has 0 unspecified atom stereocenters. The standard InChI is InChI=1S/C14H17NO5S/c1-14(2,13(17)18)15(3)12(16)9-10-21(19,20)11-7-5-4-6-8-11/h4-10H,1-3H3,(H,17,18). The van der Waals surface area contributed by atoms with Gasteiger partial charge in [0.05, 0.1) is 4.90 Å². The van der Waals surface area contributed by atoms with Crippen molar-refractivity contribution in [2.75, 3.05) is 7.05 Å². The van der Waals surface area contributed by atoms with Gasteiger partial charge in [0.1, 0.15) is 5.54 Å². The number of sulfone groups is 1. The van der Waals surface area contributed by atoms with E-state index in [1.807, 2.05) is 0 Å². The van der Waals surface area contributed by atoms with Crippen molar-refractivity contribution in [3.63, 3.8) is 0 Å². The molecule has 0 heterocycles. The Balaban J connectivity index is 2.96. The lowest BCUT2D eigenvalue weighted by atomic mass is 10.0. The molecule has 0 radical (unpaired) electrons. The van der Waals surface area contributed by atoms with Gasteiger partial charge in [-0.25, -0.2) is 13.2 Å². The molecule has 0 saturated heterocycles. The number of benzene rings is 1. The largest absolute Gasteiger partial charge is 0.480 e. The molecule has 1 aromatic rings. The molecule has 0 saturated carbocycles. The van der Waals surface area contributed by atoms with Gasteiger partial charge >= 0.3 is 5.97 Å². The van der Waals surface area contributed by atoms with Crippen LogP contribution in [0.1, 0.15) is 13.8 Å². The van der Waals surface area contributed by atoms with Gasteiger partial charge < -0.3 is 10.0 Å². The second-order valence-electron chi connectivity index (χ2n) is 4.92. The summed E-state index contributed by atoms with van der Waals surface area (Å²) >= 11 is 0. The van der Waals surface area contributed by atoms with Crippen LogP contribution in [0.15, 0.2) is 46.7 Å². The van der Waals surface area contributed by atoms with Crippen molar-refractivity contribution >= 4 is 21.7 Å². The summed E-state index contributed by atoms with van der Waals surface area (Å²) < 4.78 is 23.9. The molecule has 1 rings (SSSR count). The number of hydrogen-bond donors (Lipinski definition) is 1. The van der Waals surface area contributed by atoms with Crippen LogP contribution >= 0.6 is 0 Å². The van der Waals surface area contributed by atoms with Gasteiger partial charge in [0.15, 0.2) is 9.84 Å². The molecule has 114 valence electrons. The first-order valence-corrected chi connectivity index (χ1v) is 7.63. The minimum atomic E-state index is -3.73. The molecular weight excluding hydrogens is 294 g/mol. The molecule has 1 aromatic carbocycles. The van der Waals surface area contributed by atoms with Crippen LogP contribution < -0.4 is 0 Å². The highest BCUT2D eigenvalue weighted by Gasteiger charge is 2.34. The smallest absolute Gasteiger partial charge is 0.329 e. The summed E-state index contributed by atoms with van der Waals surface area (Å²) in [6, 6.07) is 7.64. The Morgan fingerprint density at radius 2 is 1.71 bits per heavy atom. The van der Waals surface area contributed by atoms with Crippen LogP contribution in [0, 0.1) is 0 Å². The van der Waals surface area contributed by atoms with Crippen molar-refractivity contribution in [1.82, 2.24) is 4.90 Å². The lowest BCUT2D eigenvalue weighted by molar-refractivity contribution is -0.153. The van der Waals surface area contributed by atoms with Crippen LogP contribution in [0.4, 0.5) is 0 Å². The number of carboxylic acids is 1. The predicted molar refractivity (Wildman–Crippen MR) is 77.3 cm³/mol.